The summed E-state index contributed by atoms with van der Waals surface area (Å²) in [5, 5.41) is 0.0290. The minimum absolute atomic E-state index is 0.0290. The molecule has 0 aliphatic carbocycles. The van der Waals surface area contributed by atoms with Crippen molar-refractivity contribution in [2.24, 2.45) is 5.73 Å². The summed E-state index contributed by atoms with van der Waals surface area (Å²) in [6.45, 7) is 0.354. The van der Waals surface area contributed by atoms with Gasteiger partial charge in [0, 0.05) is 12.6 Å². The zero-order valence-electron chi connectivity index (χ0n) is 10.5. The normalized spacial score (nSPS) is 12.8. The minimum Gasteiger partial charge on any atom is -0.440 e. The highest BCUT2D eigenvalue weighted by atomic mass is 35.5. The van der Waals surface area contributed by atoms with Crippen molar-refractivity contribution >= 4 is 22.7 Å². The summed E-state index contributed by atoms with van der Waals surface area (Å²) in [6, 6.07) is 12.4. The Morgan fingerprint density at radius 2 is 2.00 bits per heavy atom. The molecule has 1 heterocycles. The Hall–Kier alpha value is -1.91. The van der Waals surface area contributed by atoms with Crippen molar-refractivity contribution in [2.75, 3.05) is 6.54 Å². The van der Waals surface area contributed by atoms with Crippen LogP contribution >= 0.6 is 11.6 Å². The number of nitrogens with zero attached hydrogens (tertiary/aromatic N) is 1. The second kappa shape index (κ2) is 5.23. The lowest BCUT2D eigenvalue weighted by atomic mass is 9.99. The van der Waals surface area contributed by atoms with E-state index in [2.05, 4.69) is 4.98 Å². The predicted octanol–water partition coefficient (Wildman–Crippen LogP) is 3.71. The van der Waals surface area contributed by atoms with Crippen LogP contribution in [0.2, 0.25) is 5.02 Å². The third-order valence-electron chi connectivity index (χ3n) is 3.18. The molecular weight excluding hydrogens is 279 g/mol. The van der Waals surface area contributed by atoms with E-state index >= 15 is 0 Å². The number of fused-ring (bicyclic) bond motifs is 1. The van der Waals surface area contributed by atoms with Gasteiger partial charge in [0.2, 0.25) is 5.89 Å². The molecule has 1 aromatic heterocycles. The number of aromatic nitrogens is 1. The fourth-order valence-corrected chi connectivity index (χ4v) is 2.31. The van der Waals surface area contributed by atoms with Gasteiger partial charge in [0.25, 0.3) is 0 Å². The Morgan fingerprint density at radius 3 is 2.70 bits per heavy atom. The summed E-state index contributed by atoms with van der Waals surface area (Å²) in [6.07, 6.45) is 0. The number of halogens is 2. The van der Waals surface area contributed by atoms with E-state index in [0.29, 0.717) is 23.5 Å². The molecule has 20 heavy (non-hydrogen) atoms. The molecule has 2 N–H and O–H groups in total. The molecule has 0 fully saturated rings. The standard InChI is InChI=1S/C15H12ClFN2O/c16-11-6-13-14(7-12(11)17)20-15(19-13)10(8-18)9-4-2-1-3-5-9/h1-7,10H,8,18H2. The summed E-state index contributed by atoms with van der Waals surface area (Å²) in [5.74, 6) is -0.216. The second-order valence-corrected chi connectivity index (χ2v) is 4.89. The Morgan fingerprint density at radius 1 is 1.25 bits per heavy atom. The largest absolute Gasteiger partial charge is 0.440 e. The van der Waals surface area contributed by atoms with Gasteiger partial charge in [-0.2, -0.15) is 0 Å². The van der Waals surface area contributed by atoms with E-state index in [1.54, 1.807) is 0 Å². The van der Waals surface area contributed by atoms with Gasteiger partial charge in [0.1, 0.15) is 11.3 Å². The lowest BCUT2D eigenvalue weighted by Gasteiger charge is -2.10. The molecule has 0 radical (unpaired) electrons. The molecule has 3 rings (SSSR count). The predicted molar refractivity (Wildman–Crippen MR) is 76.3 cm³/mol. The lowest BCUT2D eigenvalue weighted by Crippen LogP contribution is -2.14. The van der Waals surface area contributed by atoms with Gasteiger partial charge >= 0.3 is 0 Å². The number of benzene rings is 2. The molecular formula is C15H12ClFN2O. The molecule has 5 heteroatoms. The van der Waals surface area contributed by atoms with Crippen LogP contribution in [0, 0.1) is 5.82 Å². The molecule has 3 aromatic rings. The molecule has 0 aliphatic heterocycles. The van der Waals surface area contributed by atoms with Gasteiger partial charge in [-0.15, -0.1) is 0 Å². The van der Waals surface area contributed by atoms with Crippen LogP contribution in [0.4, 0.5) is 4.39 Å². The van der Waals surface area contributed by atoms with Crippen LogP contribution in [0.15, 0.2) is 46.9 Å². The molecule has 1 atom stereocenters. The summed E-state index contributed by atoms with van der Waals surface area (Å²) >= 11 is 5.75. The molecule has 1 unspecified atom stereocenters. The van der Waals surface area contributed by atoms with Crippen LogP contribution in [0.3, 0.4) is 0 Å². The third kappa shape index (κ3) is 2.28. The summed E-state index contributed by atoms with van der Waals surface area (Å²) < 4.78 is 19.0. The molecule has 0 saturated heterocycles. The van der Waals surface area contributed by atoms with Crippen LogP contribution in [0.25, 0.3) is 11.1 Å². The van der Waals surface area contributed by atoms with E-state index in [1.807, 2.05) is 30.3 Å². The number of oxazole rings is 1. The number of nitrogens with two attached hydrogens (primary N) is 1. The maximum atomic E-state index is 13.4. The SMILES string of the molecule is NCC(c1ccccc1)c1nc2cc(Cl)c(F)cc2o1. The van der Waals surface area contributed by atoms with E-state index in [-0.39, 0.29) is 10.9 Å². The maximum Gasteiger partial charge on any atom is 0.204 e. The van der Waals surface area contributed by atoms with Gasteiger partial charge in [0.15, 0.2) is 5.58 Å². The molecule has 0 saturated carbocycles. The van der Waals surface area contributed by atoms with Gasteiger partial charge < -0.3 is 10.2 Å². The topological polar surface area (TPSA) is 52.0 Å². The van der Waals surface area contributed by atoms with E-state index in [4.69, 9.17) is 21.8 Å². The molecule has 0 amide bonds. The van der Waals surface area contributed by atoms with E-state index in [9.17, 15) is 4.39 Å². The number of hydrogen-bond donors (Lipinski definition) is 1. The van der Waals surface area contributed by atoms with E-state index in [1.165, 1.54) is 12.1 Å². The molecule has 3 nitrogen and oxygen atoms in total. The van der Waals surface area contributed by atoms with E-state index in [0.717, 1.165) is 5.56 Å². The van der Waals surface area contributed by atoms with Crippen LogP contribution in [0.5, 0.6) is 0 Å². The first-order valence-corrected chi connectivity index (χ1v) is 6.57. The molecule has 0 aliphatic rings. The highest BCUT2D eigenvalue weighted by molar-refractivity contribution is 6.31. The fraction of sp³-hybridized carbons (Fsp3) is 0.133. The van der Waals surface area contributed by atoms with Crippen molar-refractivity contribution in [1.29, 1.82) is 0 Å². The maximum absolute atomic E-state index is 13.4. The van der Waals surface area contributed by atoms with Crippen LogP contribution < -0.4 is 5.73 Å². The van der Waals surface area contributed by atoms with Gasteiger partial charge in [-0.1, -0.05) is 41.9 Å². The summed E-state index contributed by atoms with van der Waals surface area (Å²) in [7, 11) is 0. The Kier molecular flexibility index (Phi) is 3.42. The smallest absolute Gasteiger partial charge is 0.204 e. The van der Waals surface area contributed by atoms with Crippen LogP contribution in [0.1, 0.15) is 17.4 Å². The average molecular weight is 291 g/mol. The molecule has 2 aromatic carbocycles. The molecule has 0 bridgehead atoms. The fourth-order valence-electron chi connectivity index (χ4n) is 2.16. The summed E-state index contributed by atoms with van der Waals surface area (Å²) in [4.78, 5) is 4.36. The average Bonchev–Trinajstić information content (AvgIpc) is 2.84. The van der Waals surface area contributed by atoms with Crippen molar-refractivity contribution in [3.8, 4) is 0 Å². The second-order valence-electron chi connectivity index (χ2n) is 4.49. The van der Waals surface area contributed by atoms with Gasteiger partial charge in [0.05, 0.1) is 10.9 Å². The zero-order chi connectivity index (χ0) is 14.1. The minimum atomic E-state index is -0.522. The molecule has 0 spiro atoms. The highest BCUT2D eigenvalue weighted by Crippen LogP contribution is 2.29. The first-order valence-electron chi connectivity index (χ1n) is 6.19. The van der Waals surface area contributed by atoms with Gasteiger partial charge in [-0.25, -0.2) is 9.37 Å². The van der Waals surface area contributed by atoms with Gasteiger partial charge in [-0.3, -0.25) is 0 Å². The van der Waals surface area contributed by atoms with Crippen LogP contribution in [-0.2, 0) is 0 Å². The summed E-state index contributed by atoms with van der Waals surface area (Å²) in [5.41, 5.74) is 7.73. The first-order chi connectivity index (χ1) is 9.69. The Labute approximate surface area is 120 Å². The molecule has 102 valence electrons. The number of rotatable bonds is 3. The first kappa shape index (κ1) is 13.1. The van der Waals surface area contributed by atoms with Crippen molar-refractivity contribution in [3.05, 3.63) is 64.8 Å². The van der Waals surface area contributed by atoms with Crippen molar-refractivity contribution < 1.29 is 8.81 Å². The Bertz CT molecular complexity index is 703. The lowest BCUT2D eigenvalue weighted by molar-refractivity contribution is 0.500. The van der Waals surface area contributed by atoms with Crippen molar-refractivity contribution in [2.45, 2.75) is 5.92 Å². The van der Waals surface area contributed by atoms with Crippen molar-refractivity contribution in [3.63, 3.8) is 0 Å². The number of hydrogen-bond acceptors (Lipinski definition) is 3. The van der Waals surface area contributed by atoms with Crippen molar-refractivity contribution in [1.82, 2.24) is 4.98 Å². The quantitative estimate of drug-likeness (QED) is 0.800. The van der Waals surface area contributed by atoms with Gasteiger partial charge in [-0.05, 0) is 11.6 Å². The van der Waals surface area contributed by atoms with Crippen LogP contribution in [-0.4, -0.2) is 11.5 Å². The highest BCUT2D eigenvalue weighted by Gasteiger charge is 2.19. The third-order valence-corrected chi connectivity index (χ3v) is 3.47. The zero-order valence-corrected chi connectivity index (χ0v) is 11.3. The monoisotopic (exact) mass is 290 g/mol. The Balaban J connectivity index is 2.09. The van der Waals surface area contributed by atoms with E-state index < -0.39 is 5.82 Å².